The molecule has 0 aromatic rings. The highest BCUT2D eigenvalue weighted by atomic mass is 13.9. The topological polar surface area (TPSA) is 0 Å². The Morgan fingerprint density at radius 2 is 2.50 bits per heavy atom. The average molecular weight is 77.1 g/mol. The fourth-order valence-electron chi connectivity index (χ4n) is 0.447. The van der Waals surface area contributed by atoms with Gasteiger partial charge in [0.05, 0.1) is 0 Å². The monoisotopic (exact) mass is 77.0 g/mol. The number of rotatable bonds is 0. The first kappa shape index (κ1) is 3.66. The molecule has 0 aliphatic heterocycles. The Labute approximate surface area is 38.2 Å². The molecule has 0 aromatic carbocycles. The molecule has 0 aromatic heterocycles. The summed E-state index contributed by atoms with van der Waals surface area (Å²) in [6.07, 6.45) is 6.52. The maximum absolute atomic E-state index is 6.93. The summed E-state index contributed by atoms with van der Waals surface area (Å²) in [4.78, 5) is 0. The van der Waals surface area contributed by atoms with Gasteiger partial charge in [0.1, 0.15) is 0 Å². The van der Waals surface area contributed by atoms with Crippen molar-refractivity contribution in [3.63, 3.8) is 0 Å². The Balaban J connectivity index is 2.61. The smallest absolute Gasteiger partial charge is 0.0254 e. The van der Waals surface area contributed by atoms with Gasteiger partial charge < -0.3 is 0 Å². The molecule has 0 heterocycles. The van der Waals surface area contributed by atoms with Crippen LogP contribution in [0.25, 0.3) is 0 Å². The summed E-state index contributed by atoms with van der Waals surface area (Å²) >= 11 is 0. The lowest BCUT2D eigenvalue weighted by molar-refractivity contribution is 1.34. The Kier molecular flexibility index (Phi) is 0.789. The summed E-state index contributed by atoms with van der Waals surface area (Å²) in [5, 5.41) is 0. The van der Waals surface area contributed by atoms with Gasteiger partial charge in [-0.25, -0.2) is 0 Å². The van der Waals surface area contributed by atoms with Crippen LogP contribution in [-0.2, 0) is 0 Å². The van der Waals surface area contributed by atoms with Gasteiger partial charge in [0.15, 0.2) is 0 Å². The van der Waals surface area contributed by atoms with Crippen LogP contribution in [0, 0.1) is 6.92 Å². The Bertz CT molecular complexity index is 96.6. The molecule has 0 saturated carbocycles. The van der Waals surface area contributed by atoms with Crippen LogP contribution < -0.4 is 0 Å². The lowest BCUT2D eigenvalue weighted by Gasteiger charge is -1.77. The van der Waals surface area contributed by atoms with E-state index in [1.165, 1.54) is 0 Å². The SMILES string of the molecule is [C]C1=CC=CC1. The molecular formula is C6H5. The highest BCUT2D eigenvalue weighted by molar-refractivity contribution is 5.24. The van der Waals surface area contributed by atoms with Gasteiger partial charge in [-0.1, -0.05) is 23.8 Å². The first-order valence-corrected chi connectivity index (χ1v) is 1.97. The maximum atomic E-state index is 6.93. The average Bonchev–Trinajstić information content (AvgIpc) is 1.86. The second-order valence-corrected chi connectivity index (χ2v) is 1.32. The third-order valence-electron chi connectivity index (χ3n) is 0.771. The van der Waals surface area contributed by atoms with E-state index in [2.05, 4.69) is 0 Å². The van der Waals surface area contributed by atoms with Crippen LogP contribution in [0.4, 0.5) is 0 Å². The molecule has 1 aliphatic carbocycles. The van der Waals surface area contributed by atoms with E-state index in [1.54, 1.807) is 6.08 Å². The van der Waals surface area contributed by atoms with Crippen molar-refractivity contribution in [2.75, 3.05) is 0 Å². The van der Waals surface area contributed by atoms with Crippen molar-refractivity contribution in [1.29, 1.82) is 0 Å². The molecule has 0 heteroatoms. The lowest BCUT2D eigenvalue weighted by Crippen LogP contribution is -1.59. The van der Waals surface area contributed by atoms with Crippen molar-refractivity contribution in [1.82, 2.24) is 0 Å². The molecule has 0 saturated heterocycles. The third-order valence-corrected chi connectivity index (χ3v) is 0.771. The molecule has 0 bridgehead atoms. The molecule has 3 radical (unpaired) electrons. The van der Waals surface area contributed by atoms with Crippen molar-refractivity contribution in [3.8, 4) is 0 Å². The van der Waals surface area contributed by atoms with E-state index in [4.69, 9.17) is 6.92 Å². The van der Waals surface area contributed by atoms with E-state index in [-0.39, 0.29) is 0 Å². The maximum Gasteiger partial charge on any atom is 0.0254 e. The molecule has 1 rings (SSSR count). The van der Waals surface area contributed by atoms with E-state index < -0.39 is 0 Å². The molecule has 0 fully saturated rings. The number of allylic oxidation sites excluding steroid dienone is 4. The molecule has 0 spiro atoms. The van der Waals surface area contributed by atoms with E-state index in [9.17, 15) is 0 Å². The second-order valence-electron chi connectivity index (χ2n) is 1.32. The standard InChI is InChI=1S/C6H5/c1-6-4-2-3-5-6/h2-4H,5H2. The van der Waals surface area contributed by atoms with E-state index in [0.29, 0.717) is 0 Å². The van der Waals surface area contributed by atoms with Crippen LogP contribution in [0.2, 0.25) is 0 Å². The highest BCUT2D eigenvalue weighted by Crippen LogP contribution is 2.06. The highest BCUT2D eigenvalue weighted by Gasteiger charge is 1.87. The first-order chi connectivity index (χ1) is 2.89. The van der Waals surface area contributed by atoms with E-state index in [1.807, 2.05) is 12.2 Å². The predicted molar refractivity (Wildman–Crippen MR) is 25.1 cm³/mol. The minimum atomic E-state index is 0.718. The second kappa shape index (κ2) is 1.29. The van der Waals surface area contributed by atoms with Crippen molar-refractivity contribution in [3.05, 3.63) is 30.7 Å². The summed E-state index contributed by atoms with van der Waals surface area (Å²) in [6.45, 7) is 6.93. The number of hydrogen-bond acceptors (Lipinski definition) is 0. The molecule has 6 heavy (non-hydrogen) atoms. The minimum absolute atomic E-state index is 0.718. The third kappa shape index (κ3) is 0.510. The van der Waals surface area contributed by atoms with Gasteiger partial charge in [0.25, 0.3) is 0 Å². The fourth-order valence-corrected chi connectivity index (χ4v) is 0.447. The molecule has 0 N–H and O–H groups in total. The Hall–Kier alpha value is -0.520. The van der Waals surface area contributed by atoms with Crippen LogP contribution in [0.1, 0.15) is 6.42 Å². The molecule has 0 atom stereocenters. The minimum Gasteiger partial charge on any atom is -0.0804 e. The summed E-state index contributed by atoms with van der Waals surface area (Å²) in [7, 11) is 0. The molecular weight excluding hydrogens is 72.1 g/mol. The molecule has 0 nitrogen and oxygen atoms in total. The normalized spacial score (nSPS) is 18.5. The van der Waals surface area contributed by atoms with Crippen LogP contribution >= 0.6 is 0 Å². The van der Waals surface area contributed by atoms with Gasteiger partial charge in [-0.05, 0) is 6.42 Å². The van der Waals surface area contributed by atoms with Crippen molar-refractivity contribution in [2.45, 2.75) is 6.42 Å². The fraction of sp³-hybridized carbons (Fsp3) is 0.167. The molecule has 0 amide bonds. The largest absolute Gasteiger partial charge is 0.0804 e. The molecule has 29 valence electrons. The van der Waals surface area contributed by atoms with E-state index >= 15 is 0 Å². The summed E-state index contributed by atoms with van der Waals surface area (Å²) in [5.74, 6) is 0. The van der Waals surface area contributed by atoms with Crippen LogP contribution in [0.3, 0.4) is 0 Å². The predicted octanol–water partition coefficient (Wildman–Crippen LogP) is 1.46. The first-order valence-electron chi connectivity index (χ1n) is 1.97. The molecule has 1 aliphatic rings. The molecule has 0 unspecified atom stereocenters. The van der Waals surface area contributed by atoms with Gasteiger partial charge in [0.2, 0.25) is 0 Å². The van der Waals surface area contributed by atoms with Gasteiger partial charge >= 0.3 is 0 Å². The van der Waals surface area contributed by atoms with Crippen LogP contribution in [0.5, 0.6) is 0 Å². The zero-order chi connectivity index (χ0) is 4.41. The van der Waals surface area contributed by atoms with Gasteiger partial charge in [-0.3, -0.25) is 0 Å². The van der Waals surface area contributed by atoms with Gasteiger partial charge in [-0.2, -0.15) is 0 Å². The summed E-state index contributed by atoms with van der Waals surface area (Å²) in [5.41, 5.74) is 0.718. The van der Waals surface area contributed by atoms with Crippen LogP contribution in [0.15, 0.2) is 23.8 Å². The zero-order valence-corrected chi connectivity index (χ0v) is 3.44. The summed E-state index contributed by atoms with van der Waals surface area (Å²) in [6, 6.07) is 0. The van der Waals surface area contributed by atoms with Crippen molar-refractivity contribution >= 4 is 0 Å². The van der Waals surface area contributed by atoms with Crippen LogP contribution in [-0.4, -0.2) is 0 Å². The van der Waals surface area contributed by atoms with Crippen molar-refractivity contribution in [2.24, 2.45) is 0 Å². The van der Waals surface area contributed by atoms with E-state index in [0.717, 1.165) is 12.0 Å². The number of hydrogen-bond donors (Lipinski definition) is 0. The quantitative estimate of drug-likeness (QED) is 0.410. The van der Waals surface area contributed by atoms with Gasteiger partial charge in [-0.15, -0.1) is 0 Å². The van der Waals surface area contributed by atoms with Gasteiger partial charge in [0, 0.05) is 6.92 Å². The Morgan fingerprint density at radius 3 is 2.67 bits per heavy atom. The zero-order valence-electron chi connectivity index (χ0n) is 3.44. The van der Waals surface area contributed by atoms with Crippen molar-refractivity contribution < 1.29 is 0 Å². The lowest BCUT2D eigenvalue weighted by atomic mass is 10.3. The summed E-state index contributed by atoms with van der Waals surface area (Å²) < 4.78 is 0. The Morgan fingerprint density at radius 1 is 1.67 bits per heavy atom.